The fraction of sp³-hybridized carbons (Fsp3) is 0.182. The van der Waals surface area contributed by atoms with Crippen molar-refractivity contribution in [1.29, 1.82) is 0 Å². The summed E-state index contributed by atoms with van der Waals surface area (Å²) >= 11 is 6.26. The minimum Gasteiger partial charge on any atom is -0.361 e. The molecule has 1 N–H and O–H groups in total. The maximum absolute atomic E-state index is 13.4. The summed E-state index contributed by atoms with van der Waals surface area (Å²) < 4.78 is 28.1. The largest absolute Gasteiger partial charge is 0.361 e. The molecule has 0 unspecified atom stereocenters. The Morgan fingerprint density at radius 3 is 2.68 bits per heavy atom. The third-order valence-electron chi connectivity index (χ3n) is 5.06. The van der Waals surface area contributed by atoms with Gasteiger partial charge in [0.25, 0.3) is 15.9 Å². The van der Waals surface area contributed by atoms with Crippen LogP contribution >= 0.6 is 11.6 Å². The topological polar surface area (TPSA) is 82.6 Å². The third-order valence-corrected chi connectivity index (χ3v) is 7.36. The van der Waals surface area contributed by atoms with E-state index in [-0.39, 0.29) is 15.5 Å². The highest BCUT2D eigenvalue weighted by Crippen LogP contribution is 2.35. The second kappa shape index (κ2) is 8.20. The number of hydrogen-bond acceptors (Lipinski definition) is 5. The van der Waals surface area contributed by atoms with E-state index in [1.165, 1.54) is 22.5 Å². The Balaban J connectivity index is 1.67. The van der Waals surface area contributed by atoms with Gasteiger partial charge in [0.15, 0.2) is 5.82 Å². The lowest BCUT2D eigenvalue weighted by molar-refractivity contribution is 0.102. The van der Waals surface area contributed by atoms with Gasteiger partial charge in [-0.25, -0.2) is 13.4 Å². The highest BCUT2D eigenvalue weighted by Gasteiger charge is 2.32. The zero-order chi connectivity index (χ0) is 22.2. The number of carbonyl (C=O) groups is 1. The van der Waals surface area contributed by atoms with Crippen molar-refractivity contribution in [2.45, 2.75) is 11.3 Å². The Hall–Kier alpha value is -3.10. The molecular formula is C22H21ClN4O3S. The molecule has 9 heteroatoms. The van der Waals surface area contributed by atoms with E-state index in [1.807, 2.05) is 26.2 Å². The molecule has 0 atom stereocenters. The van der Waals surface area contributed by atoms with Gasteiger partial charge in [-0.1, -0.05) is 29.8 Å². The minimum atomic E-state index is -3.93. The van der Waals surface area contributed by atoms with Gasteiger partial charge in [0.2, 0.25) is 0 Å². The lowest BCUT2D eigenvalue weighted by atomic mass is 10.2. The van der Waals surface area contributed by atoms with Crippen LogP contribution in [0.2, 0.25) is 5.02 Å². The molecule has 0 fully saturated rings. The molecule has 1 amide bonds. The summed E-state index contributed by atoms with van der Waals surface area (Å²) in [6.45, 7) is 0.330. The van der Waals surface area contributed by atoms with Gasteiger partial charge in [-0.15, -0.1) is 0 Å². The van der Waals surface area contributed by atoms with Crippen LogP contribution in [0.4, 0.5) is 17.2 Å². The van der Waals surface area contributed by atoms with Crippen LogP contribution in [0.5, 0.6) is 0 Å². The van der Waals surface area contributed by atoms with Gasteiger partial charge in [-0.2, -0.15) is 0 Å². The second-order valence-corrected chi connectivity index (χ2v) is 9.56. The smallest absolute Gasteiger partial charge is 0.265 e. The van der Waals surface area contributed by atoms with E-state index in [1.54, 1.807) is 35.4 Å². The van der Waals surface area contributed by atoms with E-state index in [4.69, 9.17) is 11.6 Å². The van der Waals surface area contributed by atoms with Crippen molar-refractivity contribution in [1.82, 2.24) is 4.98 Å². The molecule has 0 saturated heterocycles. The number of anilines is 3. The molecule has 0 saturated carbocycles. The molecule has 31 heavy (non-hydrogen) atoms. The van der Waals surface area contributed by atoms with Crippen LogP contribution in [0.15, 0.2) is 65.7 Å². The predicted molar refractivity (Wildman–Crippen MR) is 123 cm³/mol. The molecule has 0 spiro atoms. The molecular weight excluding hydrogens is 436 g/mol. The number of para-hydroxylation sites is 1. The Labute approximate surface area is 186 Å². The highest BCUT2D eigenvalue weighted by molar-refractivity contribution is 7.93. The maximum Gasteiger partial charge on any atom is 0.265 e. The van der Waals surface area contributed by atoms with Crippen LogP contribution in [0, 0.1) is 0 Å². The fourth-order valence-corrected chi connectivity index (χ4v) is 5.57. The fourth-order valence-electron chi connectivity index (χ4n) is 3.56. The van der Waals surface area contributed by atoms with Gasteiger partial charge < -0.3 is 10.2 Å². The summed E-state index contributed by atoms with van der Waals surface area (Å²) in [6.07, 6.45) is 2.26. The van der Waals surface area contributed by atoms with Crippen LogP contribution < -0.4 is 14.5 Å². The Kier molecular flexibility index (Phi) is 5.60. The van der Waals surface area contributed by atoms with Crippen molar-refractivity contribution < 1.29 is 13.2 Å². The zero-order valence-electron chi connectivity index (χ0n) is 17.0. The van der Waals surface area contributed by atoms with Crippen LogP contribution in [0.3, 0.4) is 0 Å². The highest BCUT2D eigenvalue weighted by atomic mass is 35.5. The van der Waals surface area contributed by atoms with Crippen molar-refractivity contribution >= 4 is 44.7 Å². The van der Waals surface area contributed by atoms with E-state index in [0.29, 0.717) is 30.2 Å². The average Bonchev–Trinajstić information content (AvgIpc) is 3.19. The molecule has 160 valence electrons. The number of nitrogens with one attached hydrogen (secondary N) is 1. The first-order chi connectivity index (χ1) is 14.8. The maximum atomic E-state index is 13.4. The van der Waals surface area contributed by atoms with Crippen molar-refractivity contribution in [3.05, 3.63) is 76.9 Å². The number of fused-ring (bicyclic) bond motifs is 1. The number of hydrogen-bond donors (Lipinski definition) is 1. The Bertz CT molecular complexity index is 1260. The van der Waals surface area contributed by atoms with E-state index in [9.17, 15) is 13.2 Å². The number of halogens is 1. The number of pyridine rings is 1. The first-order valence-corrected chi connectivity index (χ1v) is 11.4. The number of aromatic nitrogens is 1. The molecule has 0 radical (unpaired) electrons. The molecule has 2 aromatic carbocycles. The third kappa shape index (κ3) is 3.96. The zero-order valence-corrected chi connectivity index (χ0v) is 18.6. The summed E-state index contributed by atoms with van der Waals surface area (Å²) in [5.74, 6) is 0.136. The molecule has 1 aliphatic heterocycles. The summed E-state index contributed by atoms with van der Waals surface area (Å²) in [4.78, 5) is 18.8. The SMILES string of the molecule is CN(C)c1ncccc1NC(=O)c1ccc(Cl)c(S(=O)(=O)N2CCc3ccccc32)c1. The van der Waals surface area contributed by atoms with Crippen molar-refractivity contribution in [2.24, 2.45) is 0 Å². The Morgan fingerprint density at radius 1 is 1.13 bits per heavy atom. The van der Waals surface area contributed by atoms with Gasteiger partial charge in [-0.3, -0.25) is 9.10 Å². The molecule has 0 aliphatic carbocycles. The van der Waals surface area contributed by atoms with Gasteiger partial charge in [0.05, 0.1) is 16.4 Å². The van der Waals surface area contributed by atoms with Crippen molar-refractivity contribution in [2.75, 3.05) is 35.2 Å². The van der Waals surface area contributed by atoms with Gasteiger partial charge in [-0.05, 0) is 48.4 Å². The second-order valence-electron chi connectivity index (χ2n) is 7.32. The van der Waals surface area contributed by atoms with Crippen LogP contribution in [0.1, 0.15) is 15.9 Å². The summed E-state index contributed by atoms with van der Waals surface area (Å²) in [6, 6.07) is 15.1. The number of rotatable bonds is 5. The van der Waals surface area contributed by atoms with Crippen LogP contribution in [0.25, 0.3) is 0 Å². The summed E-state index contributed by atoms with van der Waals surface area (Å²) in [5, 5.41) is 2.86. The van der Waals surface area contributed by atoms with Gasteiger partial charge in [0.1, 0.15) is 4.90 Å². The van der Waals surface area contributed by atoms with Crippen LogP contribution in [-0.4, -0.2) is 39.9 Å². The molecule has 1 aliphatic rings. The normalized spacial score (nSPS) is 13.1. The van der Waals surface area contributed by atoms with Crippen molar-refractivity contribution in [3.8, 4) is 0 Å². The van der Waals surface area contributed by atoms with Crippen molar-refractivity contribution in [3.63, 3.8) is 0 Å². The molecule has 7 nitrogen and oxygen atoms in total. The first-order valence-electron chi connectivity index (χ1n) is 9.63. The lowest BCUT2D eigenvalue weighted by Crippen LogP contribution is -2.29. The standard InChI is InChI=1S/C22H21ClN4O3S/c1-26(2)21-18(7-5-12-24-21)25-22(28)16-9-10-17(23)20(14-16)31(29,30)27-13-11-15-6-3-4-8-19(15)27/h3-10,12,14H,11,13H2,1-2H3,(H,25,28). The number of benzene rings is 2. The molecule has 1 aromatic heterocycles. The lowest BCUT2D eigenvalue weighted by Gasteiger charge is -2.21. The summed E-state index contributed by atoms with van der Waals surface area (Å²) in [7, 11) is -0.296. The monoisotopic (exact) mass is 456 g/mol. The first kappa shape index (κ1) is 21.1. The summed E-state index contributed by atoms with van der Waals surface area (Å²) in [5.41, 5.74) is 2.30. The minimum absolute atomic E-state index is 0.0660. The van der Waals surface area contributed by atoms with E-state index < -0.39 is 15.9 Å². The Morgan fingerprint density at radius 2 is 1.90 bits per heavy atom. The molecule has 0 bridgehead atoms. The van der Waals surface area contributed by atoms with E-state index in [2.05, 4.69) is 10.3 Å². The quantitative estimate of drug-likeness (QED) is 0.631. The molecule has 3 aromatic rings. The van der Waals surface area contributed by atoms with E-state index >= 15 is 0 Å². The number of carbonyl (C=O) groups excluding carboxylic acids is 1. The van der Waals surface area contributed by atoms with Crippen LogP contribution in [-0.2, 0) is 16.4 Å². The van der Waals surface area contributed by atoms with Gasteiger partial charge in [0, 0.05) is 32.4 Å². The predicted octanol–water partition coefficient (Wildman–Crippen LogP) is 3.80. The number of sulfonamides is 1. The molecule has 2 heterocycles. The average molecular weight is 457 g/mol. The number of nitrogens with zero attached hydrogens (tertiary/aromatic N) is 3. The number of amides is 1. The van der Waals surface area contributed by atoms with E-state index in [0.717, 1.165) is 5.56 Å². The van der Waals surface area contributed by atoms with Gasteiger partial charge >= 0.3 is 0 Å². The molecule has 4 rings (SSSR count).